The molecule has 3 rings (SSSR count). The molecule has 2 heterocycles. The van der Waals surface area contributed by atoms with E-state index in [1.807, 2.05) is 55.0 Å². The highest BCUT2D eigenvalue weighted by atomic mass is 32.2. The van der Waals surface area contributed by atoms with Crippen LogP contribution < -0.4 is 5.32 Å². The van der Waals surface area contributed by atoms with Crippen LogP contribution in [0.15, 0.2) is 46.7 Å². The van der Waals surface area contributed by atoms with Crippen LogP contribution in [0.2, 0.25) is 0 Å². The Balaban J connectivity index is 1.83. The fraction of sp³-hybridized carbons (Fsp3) is 0.188. The van der Waals surface area contributed by atoms with Crippen LogP contribution in [0.4, 0.5) is 5.69 Å². The van der Waals surface area contributed by atoms with E-state index in [0.717, 1.165) is 15.5 Å². The Hall–Kier alpha value is -1.90. The third-order valence-electron chi connectivity index (χ3n) is 3.57. The highest BCUT2D eigenvalue weighted by Crippen LogP contribution is 2.26. The molecule has 2 N–H and O–H groups in total. The van der Waals surface area contributed by atoms with Crippen LogP contribution in [0.5, 0.6) is 0 Å². The molecule has 0 unspecified atom stereocenters. The van der Waals surface area contributed by atoms with Crippen molar-refractivity contribution in [2.45, 2.75) is 17.9 Å². The first-order chi connectivity index (χ1) is 11.6. The summed E-state index contributed by atoms with van der Waals surface area (Å²) in [7, 11) is 0. The van der Waals surface area contributed by atoms with Gasteiger partial charge in [0.15, 0.2) is 10.6 Å². The number of aromatic amines is 1. The summed E-state index contributed by atoms with van der Waals surface area (Å²) in [5.41, 5.74) is 0.761. The summed E-state index contributed by atoms with van der Waals surface area (Å²) in [5, 5.41) is 11.9. The Labute approximate surface area is 153 Å². The van der Waals surface area contributed by atoms with E-state index in [1.54, 1.807) is 27.7 Å². The fourth-order valence-electron chi connectivity index (χ4n) is 2.28. The van der Waals surface area contributed by atoms with Crippen molar-refractivity contribution >= 4 is 46.9 Å². The molecular weight excluding hydrogens is 360 g/mol. The van der Waals surface area contributed by atoms with Gasteiger partial charge < -0.3 is 5.32 Å². The normalized spacial score (nSPS) is 12.1. The first-order valence-electron chi connectivity index (χ1n) is 7.26. The molecule has 0 spiro atoms. The average molecular weight is 377 g/mol. The van der Waals surface area contributed by atoms with E-state index in [1.165, 1.54) is 0 Å². The molecule has 8 heteroatoms. The number of hydrogen-bond acceptors (Lipinski definition) is 5. The van der Waals surface area contributed by atoms with Gasteiger partial charge in [-0.25, -0.2) is 0 Å². The number of thiophene rings is 1. The number of nitrogens with one attached hydrogen (secondary N) is 2. The third-order valence-corrected chi connectivity index (χ3v) is 5.47. The minimum atomic E-state index is -0.478. The van der Waals surface area contributed by atoms with E-state index in [9.17, 15) is 4.79 Å². The second-order valence-electron chi connectivity index (χ2n) is 5.09. The van der Waals surface area contributed by atoms with E-state index in [-0.39, 0.29) is 5.91 Å². The van der Waals surface area contributed by atoms with Crippen molar-refractivity contribution in [2.75, 3.05) is 11.6 Å². The lowest BCUT2D eigenvalue weighted by atomic mass is 10.2. The largest absolute Gasteiger partial charge is 0.324 e. The van der Waals surface area contributed by atoms with Crippen LogP contribution in [-0.4, -0.2) is 26.9 Å². The van der Waals surface area contributed by atoms with Crippen molar-refractivity contribution in [1.29, 1.82) is 0 Å². The fourth-order valence-corrected chi connectivity index (χ4v) is 3.69. The summed E-state index contributed by atoms with van der Waals surface area (Å²) >= 11 is 8.52. The highest BCUT2D eigenvalue weighted by molar-refractivity contribution is 7.98. The SMILES string of the molecule is CSc1ccc(NC(=O)[C@@H](C)n2c(-c3cccs3)n[nH]c2=S)cc1. The number of anilines is 1. The molecule has 5 nitrogen and oxygen atoms in total. The van der Waals surface area contributed by atoms with E-state index in [0.29, 0.717) is 10.6 Å². The molecule has 0 radical (unpaired) electrons. The zero-order valence-electron chi connectivity index (χ0n) is 13.1. The van der Waals surface area contributed by atoms with Gasteiger partial charge in [-0.1, -0.05) is 6.07 Å². The summed E-state index contributed by atoms with van der Waals surface area (Å²) in [6.45, 7) is 1.81. The number of nitrogens with zero attached hydrogens (tertiary/aromatic N) is 2. The van der Waals surface area contributed by atoms with Crippen molar-refractivity contribution in [3.63, 3.8) is 0 Å². The van der Waals surface area contributed by atoms with Gasteiger partial charge in [-0.05, 0) is 61.1 Å². The van der Waals surface area contributed by atoms with E-state index in [4.69, 9.17) is 12.2 Å². The number of hydrogen-bond donors (Lipinski definition) is 2. The molecule has 124 valence electrons. The van der Waals surface area contributed by atoms with Gasteiger partial charge >= 0.3 is 0 Å². The van der Waals surface area contributed by atoms with E-state index < -0.39 is 6.04 Å². The minimum absolute atomic E-state index is 0.137. The first-order valence-corrected chi connectivity index (χ1v) is 9.77. The molecule has 0 fully saturated rings. The molecule has 0 aliphatic heterocycles. The molecular formula is C16H16N4OS3. The zero-order chi connectivity index (χ0) is 17.1. The number of thioether (sulfide) groups is 1. The van der Waals surface area contributed by atoms with Crippen LogP contribution in [0.25, 0.3) is 10.7 Å². The summed E-state index contributed by atoms with van der Waals surface area (Å²) in [6.07, 6.45) is 2.02. The standard InChI is InChI=1S/C16H16N4OS3/c1-10(15(21)17-11-5-7-12(23-2)8-6-11)20-14(18-19-16(20)22)13-4-3-9-24-13/h3-10H,1-2H3,(H,17,21)(H,19,22)/t10-/m1/s1. The number of carbonyl (C=O) groups excluding carboxylic acids is 1. The summed E-state index contributed by atoms with van der Waals surface area (Å²) in [4.78, 5) is 14.7. The molecule has 0 saturated heterocycles. The first kappa shape index (κ1) is 16.9. The van der Waals surface area contributed by atoms with Gasteiger partial charge in [-0.15, -0.1) is 23.1 Å². The number of H-pyrrole nitrogens is 1. The molecule has 2 aromatic heterocycles. The molecule has 24 heavy (non-hydrogen) atoms. The van der Waals surface area contributed by atoms with Crippen molar-refractivity contribution in [3.05, 3.63) is 46.5 Å². The van der Waals surface area contributed by atoms with Crippen molar-refractivity contribution in [1.82, 2.24) is 14.8 Å². The average Bonchev–Trinajstić information content (AvgIpc) is 3.24. The smallest absolute Gasteiger partial charge is 0.247 e. The van der Waals surface area contributed by atoms with E-state index in [2.05, 4.69) is 15.5 Å². The maximum atomic E-state index is 12.6. The predicted octanol–water partition coefficient (Wildman–Crippen LogP) is 4.59. The van der Waals surface area contributed by atoms with Crippen molar-refractivity contribution in [2.24, 2.45) is 0 Å². The summed E-state index contributed by atoms with van der Waals surface area (Å²) < 4.78 is 2.17. The second-order valence-corrected chi connectivity index (χ2v) is 7.31. The quantitative estimate of drug-likeness (QED) is 0.505. The van der Waals surface area contributed by atoms with Gasteiger partial charge in [0, 0.05) is 10.6 Å². The molecule has 0 saturated carbocycles. The molecule has 3 aromatic rings. The molecule has 1 amide bonds. The lowest BCUT2D eigenvalue weighted by Crippen LogP contribution is -2.24. The Morgan fingerprint density at radius 1 is 1.38 bits per heavy atom. The van der Waals surface area contributed by atoms with Crippen LogP contribution >= 0.6 is 35.3 Å². The second kappa shape index (κ2) is 7.33. The van der Waals surface area contributed by atoms with Gasteiger partial charge in [0.25, 0.3) is 0 Å². The summed E-state index contributed by atoms with van der Waals surface area (Å²) in [5.74, 6) is 0.539. The van der Waals surface area contributed by atoms with Gasteiger partial charge in [0.05, 0.1) is 4.88 Å². The van der Waals surface area contributed by atoms with Gasteiger partial charge in [0.1, 0.15) is 6.04 Å². The monoisotopic (exact) mass is 376 g/mol. The van der Waals surface area contributed by atoms with Crippen LogP contribution in [0, 0.1) is 4.77 Å². The number of benzene rings is 1. The summed E-state index contributed by atoms with van der Waals surface area (Å²) in [6, 6.07) is 11.2. The van der Waals surface area contributed by atoms with Crippen LogP contribution in [0.3, 0.4) is 0 Å². The van der Waals surface area contributed by atoms with Crippen LogP contribution in [0.1, 0.15) is 13.0 Å². The zero-order valence-corrected chi connectivity index (χ0v) is 15.6. The number of carbonyl (C=O) groups is 1. The van der Waals surface area contributed by atoms with Crippen LogP contribution in [-0.2, 0) is 4.79 Å². The number of rotatable bonds is 5. The lowest BCUT2D eigenvalue weighted by Gasteiger charge is -2.15. The van der Waals surface area contributed by atoms with Crippen molar-refractivity contribution in [3.8, 4) is 10.7 Å². The lowest BCUT2D eigenvalue weighted by molar-refractivity contribution is -0.118. The Kier molecular flexibility index (Phi) is 5.17. The predicted molar refractivity (Wildman–Crippen MR) is 102 cm³/mol. The number of aromatic nitrogens is 3. The van der Waals surface area contributed by atoms with Gasteiger partial charge in [-0.2, -0.15) is 5.10 Å². The highest BCUT2D eigenvalue weighted by Gasteiger charge is 2.21. The Morgan fingerprint density at radius 3 is 2.75 bits per heavy atom. The molecule has 1 atom stereocenters. The van der Waals surface area contributed by atoms with E-state index >= 15 is 0 Å². The molecule has 0 aliphatic carbocycles. The Morgan fingerprint density at radius 2 is 2.12 bits per heavy atom. The maximum absolute atomic E-state index is 12.6. The number of amides is 1. The maximum Gasteiger partial charge on any atom is 0.247 e. The topological polar surface area (TPSA) is 62.7 Å². The molecule has 0 aliphatic rings. The van der Waals surface area contributed by atoms with Gasteiger partial charge in [-0.3, -0.25) is 14.5 Å². The minimum Gasteiger partial charge on any atom is -0.324 e. The molecule has 0 bridgehead atoms. The molecule has 1 aromatic carbocycles. The van der Waals surface area contributed by atoms with Crippen molar-refractivity contribution < 1.29 is 4.79 Å². The third kappa shape index (κ3) is 3.45. The Bertz CT molecular complexity index is 881. The van der Waals surface area contributed by atoms with Gasteiger partial charge in [0.2, 0.25) is 5.91 Å².